The minimum Gasteiger partial charge on any atom is -0.495 e. The molecule has 0 saturated heterocycles. The molecule has 0 aliphatic carbocycles. The molecule has 9 heteroatoms. The normalized spacial score (nSPS) is 10.5. The van der Waals surface area contributed by atoms with E-state index < -0.39 is 0 Å². The largest absolute Gasteiger partial charge is 0.495 e. The lowest BCUT2D eigenvalue weighted by Gasteiger charge is -2.10. The third-order valence-electron chi connectivity index (χ3n) is 3.75. The number of ether oxygens (including phenoxy) is 1. The molecule has 140 valence electrons. The molecule has 4 rings (SSSR count). The van der Waals surface area contributed by atoms with Crippen molar-refractivity contribution in [2.45, 2.75) is 0 Å². The number of nitrogens with zero attached hydrogens (tertiary/aromatic N) is 4. The molecule has 0 bridgehead atoms. The number of aromatic nitrogens is 4. The summed E-state index contributed by atoms with van der Waals surface area (Å²) in [5.74, 6) is 1.26. The molecular formula is C19H15ClN6OS. The van der Waals surface area contributed by atoms with E-state index in [0.29, 0.717) is 22.8 Å². The number of nitrogens with one attached hydrogen (secondary N) is 2. The summed E-state index contributed by atoms with van der Waals surface area (Å²) in [5.41, 5.74) is 2.64. The standard InChI is InChI=1S/C19H15ClN6OS/c1-27-15-10-6-5-9-13(15)21-17-23-16(20)24-18(25-17)26-19-22-14(11-28-19)12-7-3-2-4-8-12/h2-11H,1H3,(H2,21,22,23,24,25,26). The van der Waals surface area contributed by atoms with Crippen molar-refractivity contribution in [1.29, 1.82) is 0 Å². The van der Waals surface area contributed by atoms with Crippen LogP contribution in [-0.4, -0.2) is 27.0 Å². The molecule has 0 aliphatic rings. The predicted octanol–water partition coefficient (Wildman–Crippen LogP) is 5.14. The van der Waals surface area contributed by atoms with Gasteiger partial charge in [-0.25, -0.2) is 4.98 Å². The highest BCUT2D eigenvalue weighted by molar-refractivity contribution is 7.14. The Labute approximate surface area is 170 Å². The summed E-state index contributed by atoms with van der Waals surface area (Å²) >= 11 is 7.52. The van der Waals surface area contributed by atoms with E-state index in [-0.39, 0.29) is 5.28 Å². The van der Waals surface area contributed by atoms with Crippen LogP contribution in [0.3, 0.4) is 0 Å². The molecule has 2 N–H and O–H groups in total. The Morgan fingerprint density at radius 1 is 0.857 bits per heavy atom. The van der Waals surface area contributed by atoms with Crippen molar-refractivity contribution in [2.75, 3.05) is 17.7 Å². The summed E-state index contributed by atoms with van der Waals surface area (Å²) in [5, 5.41) is 8.86. The van der Waals surface area contributed by atoms with E-state index >= 15 is 0 Å². The topological polar surface area (TPSA) is 84.9 Å². The fourth-order valence-corrected chi connectivity index (χ4v) is 3.37. The molecule has 2 aromatic carbocycles. The number of hydrogen-bond acceptors (Lipinski definition) is 8. The molecule has 0 spiro atoms. The van der Waals surface area contributed by atoms with Gasteiger partial charge in [0.2, 0.25) is 17.2 Å². The Balaban J connectivity index is 1.55. The summed E-state index contributed by atoms with van der Waals surface area (Å²) in [6, 6.07) is 17.4. The van der Waals surface area contributed by atoms with Gasteiger partial charge in [-0.3, -0.25) is 5.32 Å². The second-order valence-electron chi connectivity index (χ2n) is 5.61. The quantitative estimate of drug-likeness (QED) is 0.455. The van der Waals surface area contributed by atoms with Crippen molar-refractivity contribution in [3.8, 4) is 17.0 Å². The van der Waals surface area contributed by atoms with Crippen LogP contribution in [0.25, 0.3) is 11.3 Å². The maximum absolute atomic E-state index is 6.07. The maximum Gasteiger partial charge on any atom is 0.235 e. The molecule has 0 amide bonds. The van der Waals surface area contributed by atoms with Gasteiger partial charge in [0.05, 0.1) is 18.5 Å². The first-order chi connectivity index (χ1) is 13.7. The molecule has 0 radical (unpaired) electrons. The summed E-state index contributed by atoms with van der Waals surface area (Å²) in [7, 11) is 1.60. The molecule has 0 unspecified atom stereocenters. The molecular weight excluding hydrogens is 396 g/mol. The first-order valence-electron chi connectivity index (χ1n) is 8.31. The van der Waals surface area contributed by atoms with Crippen LogP contribution < -0.4 is 15.4 Å². The first kappa shape index (κ1) is 18.1. The molecule has 7 nitrogen and oxygen atoms in total. The van der Waals surface area contributed by atoms with Gasteiger partial charge < -0.3 is 10.1 Å². The molecule has 0 saturated carbocycles. The van der Waals surface area contributed by atoms with E-state index in [4.69, 9.17) is 16.3 Å². The van der Waals surface area contributed by atoms with Crippen molar-refractivity contribution in [3.63, 3.8) is 0 Å². The summed E-state index contributed by atoms with van der Waals surface area (Å²) in [6.45, 7) is 0. The smallest absolute Gasteiger partial charge is 0.235 e. The van der Waals surface area contributed by atoms with Gasteiger partial charge in [0, 0.05) is 10.9 Å². The Bertz CT molecular complexity index is 1090. The van der Waals surface area contributed by atoms with E-state index in [1.54, 1.807) is 7.11 Å². The number of methoxy groups -OCH3 is 1. The monoisotopic (exact) mass is 410 g/mol. The van der Waals surface area contributed by atoms with Crippen LogP contribution in [0, 0.1) is 0 Å². The minimum atomic E-state index is 0.0646. The van der Waals surface area contributed by atoms with Crippen LogP contribution in [0.1, 0.15) is 0 Å². The number of thiazole rings is 1. The van der Waals surface area contributed by atoms with E-state index in [1.165, 1.54) is 11.3 Å². The van der Waals surface area contributed by atoms with Crippen molar-refractivity contribution in [3.05, 3.63) is 65.3 Å². The first-order valence-corrected chi connectivity index (χ1v) is 9.56. The van der Waals surface area contributed by atoms with Crippen molar-refractivity contribution < 1.29 is 4.74 Å². The van der Waals surface area contributed by atoms with Gasteiger partial charge in [0.25, 0.3) is 0 Å². The van der Waals surface area contributed by atoms with Gasteiger partial charge in [-0.1, -0.05) is 42.5 Å². The molecule has 2 aromatic heterocycles. The number of benzene rings is 2. The summed E-state index contributed by atoms with van der Waals surface area (Å²) in [4.78, 5) is 17.2. The number of para-hydroxylation sites is 2. The van der Waals surface area contributed by atoms with E-state index in [2.05, 4.69) is 30.6 Å². The number of halogens is 1. The Morgan fingerprint density at radius 2 is 1.57 bits per heavy atom. The lowest BCUT2D eigenvalue weighted by Crippen LogP contribution is -2.04. The van der Waals surface area contributed by atoms with E-state index in [1.807, 2.05) is 60.0 Å². The Hall–Kier alpha value is -3.23. The highest BCUT2D eigenvalue weighted by atomic mass is 35.5. The zero-order valence-corrected chi connectivity index (χ0v) is 16.3. The molecule has 28 heavy (non-hydrogen) atoms. The molecule has 0 atom stereocenters. The zero-order valence-electron chi connectivity index (χ0n) is 14.8. The van der Waals surface area contributed by atoms with Gasteiger partial charge in [0.15, 0.2) is 5.13 Å². The van der Waals surface area contributed by atoms with E-state index in [0.717, 1.165) is 16.9 Å². The summed E-state index contributed by atoms with van der Waals surface area (Å²) in [6.07, 6.45) is 0. The number of rotatable bonds is 6. The Kier molecular flexibility index (Phi) is 5.31. The predicted molar refractivity (Wildman–Crippen MR) is 112 cm³/mol. The average molecular weight is 411 g/mol. The maximum atomic E-state index is 6.07. The van der Waals surface area contributed by atoms with Gasteiger partial charge in [0.1, 0.15) is 5.75 Å². The third kappa shape index (κ3) is 4.19. The number of anilines is 4. The highest BCUT2D eigenvalue weighted by Crippen LogP contribution is 2.28. The SMILES string of the molecule is COc1ccccc1Nc1nc(Cl)nc(Nc2nc(-c3ccccc3)cs2)n1. The van der Waals surface area contributed by atoms with Gasteiger partial charge in [-0.05, 0) is 23.7 Å². The molecule has 0 fully saturated rings. The van der Waals surface area contributed by atoms with Crippen LogP contribution in [0.15, 0.2) is 60.0 Å². The second-order valence-corrected chi connectivity index (χ2v) is 6.80. The minimum absolute atomic E-state index is 0.0646. The number of hydrogen-bond donors (Lipinski definition) is 2. The Morgan fingerprint density at radius 3 is 2.36 bits per heavy atom. The van der Waals surface area contributed by atoms with Crippen molar-refractivity contribution >= 4 is 45.7 Å². The summed E-state index contributed by atoms with van der Waals surface area (Å²) < 4.78 is 5.33. The van der Waals surface area contributed by atoms with Crippen molar-refractivity contribution in [1.82, 2.24) is 19.9 Å². The molecule has 2 heterocycles. The fourth-order valence-electron chi connectivity index (χ4n) is 2.50. The fraction of sp³-hybridized carbons (Fsp3) is 0.0526. The van der Waals surface area contributed by atoms with Crippen LogP contribution in [-0.2, 0) is 0 Å². The van der Waals surface area contributed by atoms with Crippen LogP contribution >= 0.6 is 22.9 Å². The average Bonchev–Trinajstić information content (AvgIpc) is 3.17. The van der Waals surface area contributed by atoms with Gasteiger partial charge in [-0.15, -0.1) is 11.3 Å². The van der Waals surface area contributed by atoms with Gasteiger partial charge in [-0.2, -0.15) is 15.0 Å². The molecule has 0 aliphatic heterocycles. The molecule has 4 aromatic rings. The second kappa shape index (κ2) is 8.20. The van der Waals surface area contributed by atoms with Crippen LogP contribution in [0.4, 0.5) is 22.7 Å². The van der Waals surface area contributed by atoms with E-state index in [9.17, 15) is 0 Å². The third-order valence-corrected chi connectivity index (χ3v) is 4.68. The lowest BCUT2D eigenvalue weighted by atomic mass is 10.2. The van der Waals surface area contributed by atoms with Gasteiger partial charge >= 0.3 is 0 Å². The zero-order chi connectivity index (χ0) is 19.3. The highest BCUT2D eigenvalue weighted by Gasteiger charge is 2.10. The van der Waals surface area contributed by atoms with Crippen LogP contribution in [0.5, 0.6) is 5.75 Å². The lowest BCUT2D eigenvalue weighted by molar-refractivity contribution is 0.417. The van der Waals surface area contributed by atoms with Crippen molar-refractivity contribution in [2.24, 2.45) is 0 Å². The van der Waals surface area contributed by atoms with Crippen LogP contribution in [0.2, 0.25) is 5.28 Å².